The molecule has 0 radical (unpaired) electrons. The van der Waals surface area contributed by atoms with Crippen LogP contribution in [0.1, 0.15) is 11.1 Å². The number of fused-ring (bicyclic) bond motifs is 1. The Bertz CT molecular complexity index is 1180. The molecule has 0 aliphatic rings. The Morgan fingerprint density at radius 2 is 1.64 bits per heavy atom. The fourth-order valence-corrected chi connectivity index (χ4v) is 3.11. The van der Waals surface area contributed by atoms with E-state index in [-0.39, 0.29) is 0 Å². The summed E-state index contributed by atoms with van der Waals surface area (Å²) in [4.78, 5) is 17.7. The molecule has 6 nitrogen and oxygen atoms in total. The first-order valence-electron chi connectivity index (χ1n) is 8.55. The molecule has 0 spiro atoms. The Kier molecular flexibility index (Phi) is 4.98. The third-order valence-corrected chi connectivity index (χ3v) is 4.84. The van der Waals surface area contributed by atoms with Crippen molar-refractivity contribution in [3.05, 3.63) is 70.0 Å². The van der Waals surface area contributed by atoms with E-state index in [0.29, 0.717) is 33.0 Å². The minimum absolute atomic E-state index is 0.402. The van der Waals surface area contributed by atoms with Crippen LogP contribution in [0.15, 0.2) is 48.8 Å². The van der Waals surface area contributed by atoms with E-state index < -0.39 is 0 Å². The molecule has 2 aromatic carbocycles. The summed E-state index contributed by atoms with van der Waals surface area (Å²) in [5.74, 6) is 0.936. The molecule has 4 rings (SSSR count). The number of benzene rings is 2. The highest BCUT2D eigenvalue weighted by atomic mass is 35.5. The molecule has 140 valence electrons. The van der Waals surface area contributed by atoms with Crippen molar-refractivity contribution in [3.63, 3.8) is 0 Å². The van der Waals surface area contributed by atoms with Crippen molar-refractivity contribution in [3.8, 4) is 0 Å². The SMILES string of the molecule is Cc1ccc(Nc2nc(Nc3ccc(Cl)cc3C)nc3nccnc23)cc1Cl. The van der Waals surface area contributed by atoms with Gasteiger partial charge in [-0.25, -0.2) is 9.97 Å². The zero-order chi connectivity index (χ0) is 19.7. The van der Waals surface area contributed by atoms with Crippen LogP contribution in [0.2, 0.25) is 10.0 Å². The number of anilines is 4. The van der Waals surface area contributed by atoms with Crippen molar-refractivity contribution < 1.29 is 0 Å². The maximum Gasteiger partial charge on any atom is 0.231 e. The number of hydrogen-bond donors (Lipinski definition) is 2. The number of halogens is 2. The first kappa shape index (κ1) is 18.4. The van der Waals surface area contributed by atoms with Crippen molar-refractivity contribution in [2.24, 2.45) is 0 Å². The number of aryl methyl sites for hydroxylation is 2. The van der Waals surface area contributed by atoms with Gasteiger partial charge in [0.1, 0.15) is 0 Å². The molecular formula is C20H16Cl2N6. The maximum atomic E-state index is 6.24. The van der Waals surface area contributed by atoms with Crippen molar-refractivity contribution in [2.45, 2.75) is 13.8 Å². The minimum atomic E-state index is 0.402. The van der Waals surface area contributed by atoms with Gasteiger partial charge in [0, 0.05) is 33.8 Å². The normalized spacial score (nSPS) is 10.9. The van der Waals surface area contributed by atoms with E-state index in [4.69, 9.17) is 23.2 Å². The number of hydrogen-bond acceptors (Lipinski definition) is 6. The molecule has 2 aromatic heterocycles. The van der Waals surface area contributed by atoms with Gasteiger partial charge >= 0.3 is 0 Å². The second-order valence-corrected chi connectivity index (χ2v) is 7.14. The second kappa shape index (κ2) is 7.58. The van der Waals surface area contributed by atoms with Gasteiger partial charge in [0.05, 0.1) is 0 Å². The van der Waals surface area contributed by atoms with Gasteiger partial charge < -0.3 is 10.6 Å². The van der Waals surface area contributed by atoms with Gasteiger partial charge in [0.15, 0.2) is 17.0 Å². The standard InChI is InChI=1S/C20H16Cl2N6/c1-11-3-5-14(10-15(11)22)25-19-17-18(24-8-7-23-17)27-20(28-19)26-16-6-4-13(21)9-12(16)2/h3-10H,1-2H3,(H2,24,25,26,27,28). The number of aromatic nitrogens is 4. The van der Waals surface area contributed by atoms with E-state index >= 15 is 0 Å². The lowest BCUT2D eigenvalue weighted by atomic mass is 10.2. The summed E-state index contributed by atoms with van der Waals surface area (Å²) >= 11 is 12.3. The molecule has 0 atom stereocenters. The molecule has 28 heavy (non-hydrogen) atoms. The van der Waals surface area contributed by atoms with Crippen LogP contribution in [0.4, 0.5) is 23.1 Å². The van der Waals surface area contributed by atoms with Crippen LogP contribution in [-0.4, -0.2) is 19.9 Å². The van der Waals surface area contributed by atoms with E-state index in [1.54, 1.807) is 12.4 Å². The van der Waals surface area contributed by atoms with Crippen molar-refractivity contribution in [1.29, 1.82) is 0 Å². The molecular weight excluding hydrogens is 395 g/mol. The van der Waals surface area contributed by atoms with Crippen LogP contribution in [-0.2, 0) is 0 Å². The molecule has 0 aliphatic carbocycles. The van der Waals surface area contributed by atoms with Gasteiger partial charge in [0.25, 0.3) is 0 Å². The Labute approximate surface area is 172 Å². The molecule has 0 amide bonds. The summed E-state index contributed by atoms with van der Waals surface area (Å²) in [6.45, 7) is 3.91. The van der Waals surface area contributed by atoms with E-state index in [0.717, 1.165) is 22.5 Å². The van der Waals surface area contributed by atoms with Crippen LogP contribution in [0.25, 0.3) is 11.2 Å². The van der Waals surface area contributed by atoms with Gasteiger partial charge in [0.2, 0.25) is 5.95 Å². The Balaban J connectivity index is 1.75. The molecule has 8 heteroatoms. The molecule has 0 aliphatic heterocycles. The predicted octanol–water partition coefficient (Wildman–Crippen LogP) is 5.83. The highest BCUT2D eigenvalue weighted by molar-refractivity contribution is 6.31. The summed E-state index contributed by atoms with van der Waals surface area (Å²) < 4.78 is 0. The first-order valence-corrected chi connectivity index (χ1v) is 9.30. The summed E-state index contributed by atoms with van der Waals surface area (Å²) in [6, 6.07) is 11.3. The van der Waals surface area contributed by atoms with Gasteiger partial charge in [-0.2, -0.15) is 9.97 Å². The number of rotatable bonds is 4. The zero-order valence-electron chi connectivity index (χ0n) is 15.2. The molecule has 0 unspecified atom stereocenters. The van der Waals surface area contributed by atoms with Crippen LogP contribution in [0, 0.1) is 13.8 Å². The summed E-state index contributed by atoms with van der Waals surface area (Å²) in [5.41, 5.74) is 4.69. The highest BCUT2D eigenvalue weighted by Crippen LogP contribution is 2.27. The van der Waals surface area contributed by atoms with Crippen LogP contribution >= 0.6 is 23.2 Å². The summed E-state index contributed by atoms with van der Waals surface area (Å²) in [7, 11) is 0. The third-order valence-electron chi connectivity index (χ3n) is 4.20. The van der Waals surface area contributed by atoms with Gasteiger partial charge in [-0.3, -0.25) is 0 Å². The molecule has 0 bridgehead atoms. The van der Waals surface area contributed by atoms with E-state index in [2.05, 4.69) is 30.6 Å². The summed E-state index contributed by atoms with van der Waals surface area (Å²) in [5, 5.41) is 7.83. The average Bonchev–Trinajstić information content (AvgIpc) is 2.67. The molecule has 0 fully saturated rings. The van der Waals surface area contributed by atoms with Crippen LogP contribution in [0.5, 0.6) is 0 Å². The lowest BCUT2D eigenvalue weighted by Crippen LogP contribution is -2.04. The first-order chi connectivity index (χ1) is 13.5. The van der Waals surface area contributed by atoms with E-state index in [9.17, 15) is 0 Å². The van der Waals surface area contributed by atoms with Gasteiger partial charge in [-0.05, 0) is 55.3 Å². The number of nitrogens with one attached hydrogen (secondary N) is 2. The van der Waals surface area contributed by atoms with E-state index in [1.165, 1.54) is 0 Å². The van der Waals surface area contributed by atoms with Crippen molar-refractivity contribution >= 4 is 57.5 Å². The largest absolute Gasteiger partial charge is 0.338 e. The topological polar surface area (TPSA) is 75.6 Å². The molecule has 0 saturated carbocycles. The second-order valence-electron chi connectivity index (χ2n) is 6.30. The van der Waals surface area contributed by atoms with Crippen LogP contribution in [0.3, 0.4) is 0 Å². The van der Waals surface area contributed by atoms with Gasteiger partial charge in [-0.1, -0.05) is 29.3 Å². The molecule has 0 saturated heterocycles. The zero-order valence-corrected chi connectivity index (χ0v) is 16.7. The predicted molar refractivity (Wildman–Crippen MR) is 114 cm³/mol. The molecule has 2 heterocycles. The maximum absolute atomic E-state index is 6.24. The molecule has 4 aromatic rings. The quantitative estimate of drug-likeness (QED) is 0.440. The Morgan fingerprint density at radius 3 is 2.43 bits per heavy atom. The fraction of sp³-hybridized carbons (Fsp3) is 0.100. The van der Waals surface area contributed by atoms with Crippen molar-refractivity contribution in [2.75, 3.05) is 10.6 Å². The third kappa shape index (κ3) is 3.83. The smallest absolute Gasteiger partial charge is 0.231 e. The Hall–Kier alpha value is -2.96. The average molecular weight is 411 g/mol. The monoisotopic (exact) mass is 410 g/mol. The molecule has 2 N–H and O–H groups in total. The van der Waals surface area contributed by atoms with E-state index in [1.807, 2.05) is 50.2 Å². The van der Waals surface area contributed by atoms with Gasteiger partial charge in [-0.15, -0.1) is 0 Å². The Morgan fingerprint density at radius 1 is 0.821 bits per heavy atom. The lowest BCUT2D eigenvalue weighted by molar-refractivity contribution is 1.14. The minimum Gasteiger partial charge on any atom is -0.338 e. The van der Waals surface area contributed by atoms with Crippen LogP contribution < -0.4 is 10.6 Å². The number of nitrogens with zero attached hydrogens (tertiary/aromatic N) is 4. The highest BCUT2D eigenvalue weighted by Gasteiger charge is 2.12. The lowest BCUT2D eigenvalue weighted by Gasteiger charge is -2.12. The van der Waals surface area contributed by atoms with Crippen molar-refractivity contribution in [1.82, 2.24) is 19.9 Å². The fourth-order valence-electron chi connectivity index (χ4n) is 2.70. The summed E-state index contributed by atoms with van der Waals surface area (Å²) in [6.07, 6.45) is 3.20.